The molecule has 2 nitrogen and oxygen atoms in total. The Morgan fingerprint density at radius 3 is 2.48 bits per heavy atom. The van der Waals surface area contributed by atoms with Gasteiger partial charge < -0.3 is 0 Å². The summed E-state index contributed by atoms with van der Waals surface area (Å²) in [6.45, 7) is 2.14. The van der Waals surface area contributed by atoms with E-state index in [-0.39, 0.29) is 6.04 Å². The van der Waals surface area contributed by atoms with E-state index in [0.717, 1.165) is 37.8 Å². The van der Waals surface area contributed by atoms with Crippen LogP contribution in [0.3, 0.4) is 0 Å². The highest BCUT2D eigenvalue weighted by Crippen LogP contribution is 2.31. The average molecular weight is 296 g/mol. The van der Waals surface area contributed by atoms with E-state index in [9.17, 15) is 13.2 Å². The Kier molecular flexibility index (Phi) is 5.04. The van der Waals surface area contributed by atoms with E-state index in [1.807, 2.05) is 12.2 Å². The van der Waals surface area contributed by atoms with Gasteiger partial charge in [-0.25, -0.2) is 0 Å². The molecule has 1 atom stereocenters. The number of anilines is 1. The number of allylic oxidation sites excluding steroid dienone is 1. The molecule has 0 radical (unpaired) electrons. The van der Waals surface area contributed by atoms with Crippen LogP contribution >= 0.6 is 0 Å². The van der Waals surface area contributed by atoms with Gasteiger partial charge in [0.25, 0.3) is 0 Å². The van der Waals surface area contributed by atoms with Crippen LogP contribution in [0.5, 0.6) is 0 Å². The van der Waals surface area contributed by atoms with Crippen LogP contribution in [0.4, 0.5) is 18.9 Å². The Hall–Kier alpha value is -1.78. The van der Waals surface area contributed by atoms with E-state index >= 15 is 0 Å². The number of alkyl halides is 3. The highest BCUT2D eigenvalue weighted by Gasteiger charge is 2.30. The highest BCUT2D eigenvalue weighted by molar-refractivity contribution is 5.74. The van der Waals surface area contributed by atoms with E-state index in [1.165, 1.54) is 12.1 Å². The van der Waals surface area contributed by atoms with Crippen molar-refractivity contribution in [2.24, 2.45) is 5.10 Å². The third kappa shape index (κ3) is 4.09. The first-order chi connectivity index (χ1) is 10.0. The van der Waals surface area contributed by atoms with Gasteiger partial charge in [-0.15, -0.1) is 0 Å². The Bertz CT molecular complexity index is 503. The predicted octanol–water partition coefficient (Wildman–Crippen LogP) is 5.02. The molecule has 5 heteroatoms. The minimum Gasteiger partial charge on any atom is -0.259 e. The van der Waals surface area contributed by atoms with Crippen molar-refractivity contribution in [2.45, 2.75) is 44.8 Å². The van der Waals surface area contributed by atoms with Crippen LogP contribution in [0.2, 0.25) is 0 Å². The molecule has 1 aromatic rings. The number of halogens is 3. The normalized spacial score (nSPS) is 18.3. The van der Waals surface area contributed by atoms with Crippen molar-refractivity contribution in [1.82, 2.24) is 0 Å². The monoisotopic (exact) mass is 296 g/mol. The number of hydrazone groups is 1. The van der Waals surface area contributed by atoms with Gasteiger partial charge in [0.05, 0.1) is 17.3 Å². The molecule has 1 heterocycles. The molecule has 0 N–H and O–H groups in total. The Morgan fingerprint density at radius 2 is 1.86 bits per heavy atom. The van der Waals surface area contributed by atoms with Gasteiger partial charge in [-0.1, -0.05) is 32.3 Å². The molecule has 114 valence electrons. The summed E-state index contributed by atoms with van der Waals surface area (Å²) in [7, 11) is 0. The standard InChI is InChI=1S/C16H19F3N2/c1-2-3-4-6-14-7-5-12-20-21(14)15-10-8-13(9-11-15)16(17,18)19/h5,7-12,14H,2-4,6H2,1H3. The lowest BCUT2D eigenvalue weighted by Crippen LogP contribution is -2.31. The predicted molar refractivity (Wildman–Crippen MR) is 79.5 cm³/mol. The Labute approximate surface area is 123 Å². The zero-order valence-electron chi connectivity index (χ0n) is 12.0. The summed E-state index contributed by atoms with van der Waals surface area (Å²) >= 11 is 0. The van der Waals surface area contributed by atoms with Gasteiger partial charge in [0.2, 0.25) is 0 Å². The molecule has 0 fully saturated rings. The van der Waals surface area contributed by atoms with Crippen LogP contribution in [0.25, 0.3) is 0 Å². The molecule has 0 saturated carbocycles. The summed E-state index contributed by atoms with van der Waals surface area (Å²) in [6, 6.07) is 5.27. The summed E-state index contributed by atoms with van der Waals surface area (Å²) in [5.74, 6) is 0. The Balaban J connectivity index is 2.11. The van der Waals surface area contributed by atoms with Crippen molar-refractivity contribution in [3.63, 3.8) is 0 Å². The van der Waals surface area contributed by atoms with Crippen LogP contribution < -0.4 is 5.01 Å². The summed E-state index contributed by atoms with van der Waals surface area (Å²) in [5, 5.41) is 6.08. The number of hydrogen-bond donors (Lipinski definition) is 0. The molecule has 0 amide bonds. The van der Waals surface area contributed by atoms with Crippen LogP contribution in [0.15, 0.2) is 41.5 Å². The summed E-state index contributed by atoms with van der Waals surface area (Å²) in [4.78, 5) is 0. The minimum absolute atomic E-state index is 0.110. The second kappa shape index (κ2) is 6.78. The smallest absolute Gasteiger partial charge is 0.259 e. The molecular weight excluding hydrogens is 277 g/mol. The average Bonchev–Trinajstić information content (AvgIpc) is 2.47. The van der Waals surface area contributed by atoms with Crippen molar-refractivity contribution >= 4 is 11.9 Å². The van der Waals surface area contributed by atoms with Crippen LogP contribution in [-0.2, 0) is 6.18 Å². The fraction of sp³-hybridized carbons (Fsp3) is 0.438. The molecule has 1 unspecified atom stereocenters. The fourth-order valence-corrected chi connectivity index (χ4v) is 2.34. The van der Waals surface area contributed by atoms with Gasteiger partial charge in [-0.05, 0) is 36.8 Å². The lowest BCUT2D eigenvalue weighted by Gasteiger charge is -2.29. The SMILES string of the molecule is CCCCCC1C=CC=NN1c1ccc(C(F)(F)F)cc1. The van der Waals surface area contributed by atoms with Crippen molar-refractivity contribution in [3.05, 3.63) is 42.0 Å². The molecular formula is C16H19F3N2. The topological polar surface area (TPSA) is 15.6 Å². The van der Waals surface area contributed by atoms with Gasteiger partial charge in [-0.3, -0.25) is 5.01 Å². The Morgan fingerprint density at radius 1 is 1.14 bits per heavy atom. The van der Waals surface area contributed by atoms with Gasteiger partial charge >= 0.3 is 6.18 Å². The van der Waals surface area contributed by atoms with Gasteiger partial charge in [-0.2, -0.15) is 18.3 Å². The maximum atomic E-state index is 12.6. The van der Waals surface area contributed by atoms with E-state index in [1.54, 1.807) is 11.2 Å². The summed E-state index contributed by atoms with van der Waals surface area (Å²) in [6.07, 6.45) is 5.60. The third-order valence-corrected chi connectivity index (χ3v) is 3.49. The molecule has 1 aliphatic heterocycles. The zero-order chi connectivity index (χ0) is 15.3. The van der Waals surface area contributed by atoms with Crippen molar-refractivity contribution < 1.29 is 13.2 Å². The lowest BCUT2D eigenvalue weighted by atomic mass is 10.1. The number of nitrogens with zero attached hydrogens (tertiary/aromatic N) is 2. The molecule has 1 aliphatic rings. The van der Waals surface area contributed by atoms with Crippen molar-refractivity contribution in [3.8, 4) is 0 Å². The van der Waals surface area contributed by atoms with E-state index in [0.29, 0.717) is 5.69 Å². The highest BCUT2D eigenvalue weighted by atomic mass is 19.4. The van der Waals surface area contributed by atoms with E-state index < -0.39 is 11.7 Å². The maximum Gasteiger partial charge on any atom is 0.416 e. The minimum atomic E-state index is -4.30. The molecule has 0 bridgehead atoms. The molecule has 21 heavy (non-hydrogen) atoms. The van der Waals surface area contributed by atoms with Gasteiger partial charge in [0.15, 0.2) is 0 Å². The number of unbranched alkanes of at least 4 members (excludes halogenated alkanes) is 2. The molecule has 0 aliphatic carbocycles. The molecule has 0 aromatic heterocycles. The maximum absolute atomic E-state index is 12.6. The largest absolute Gasteiger partial charge is 0.416 e. The van der Waals surface area contributed by atoms with Gasteiger partial charge in [0, 0.05) is 6.21 Å². The first kappa shape index (κ1) is 15.6. The summed E-state index contributed by atoms with van der Waals surface area (Å²) < 4.78 is 37.8. The van der Waals surface area contributed by atoms with E-state index in [2.05, 4.69) is 12.0 Å². The number of benzene rings is 1. The molecule has 0 saturated heterocycles. The third-order valence-electron chi connectivity index (χ3n) is 3.49. The molecule has 0 spiro atoms. The van der Waals surface area contributed by atoms with Crippen LogP contribution in [-0.4, -0.2) is 12.3 Å². The van der Waals surface area contributed by atoms with Gasteiger partial charge in [0.1, 0.15) is 0 Å². The second-order valence-electron chi connectivity index (χ2n) is 5.10. The first-order valence-corrected chi connectivity index (χ1v) is 7.19. The van der Waals surface area contributed by atoms with Crippen LogP contribution in [0, 0.1) is 0 Å². The second-order valence-corrected chi connectivity index (χ2v) is 5.10. The molecule has 2 rings (SSSR count). The quantitative estimate of drug-likeness (QED) is 0.697. The van der Waals surface area contributed by atoms with Crippen LogP contribution in [0.1, 0.15) is 38.2 Å². The fourth-order valence-electron chi connectivity index (χ4n) is 2.34. The van der Waals surface area contributed by atoms with Crippen molar-refractivity contribution in [1.29, 1.82) is 0 Å². The number of rotatable bonds is 5. The summed E-state index contributed by atoms with van der Waals surface area (Å²) in [5.41, 5.74) is 0.0513. The van der Waals surface area contributed by atoms with Crippen molar-refractivity contribution in [2.75, 3.05) is 5.01 Å². The van der Waals surface area contributed by atoms with E-state index in [4.69, 9.17) is 0 Å². The first-order valence-electron chi connectivity index (χ1n) is 7.19. The molecule has 1 aromatic carbocycles. The number of hydrogen-bond acceptors (Lipinski definition) is 2. The lowest BCUT2D eigenvalue weighted by molar-refractivity contribution is -0.137. The zero-order valence-corrected chi connectivity index (χ0v) is 12.0.